The number of nitrogens with one attached hydrogen (secondary N) is 2. The van der Waals surface area contributed by atoms with Crippen LogP contribution in [-0.4, -0.2) is 23.0 Å². The fourth-order valence-electron chi connectivity index (χ4n) is 1.67. The Balaban J connectivity index is 1.83. The van der Waals surface area contributed by atoms with E-state index in [-0.39, 0.29) is 11.9 Å². The molecule has 0 spiro atoms. The molecular weight excluding hydrogens is 262 g/mol. The number of hydrogen-bond acceptors (Lipinski definition) is 5. The first-order chi connectivity index (χ1) is 9.54. The summed E-state index contributed by atoms with van der Waals surface area (Å²) in [6, 6.07) is 4.88. The first-order valence-corrected chi connectivity index (χ1v) is 6.12. The number of aryl methyl sites for hydroxylation is 1. The summed E-state index contributed by atoms with van der Waals surface area (Å²) < 4.78 is 9.96. The molecule has 2 rings (SSSR count). The molecule has 0 saturated carbocycles. The van der Waals surface area contributed by atoms with Crippen LogP contribution in [0, 0.1) is 6.92 Å². The van der Waals surface area contributed by atoms with Gasteiger partial charge in [0.1, 0.15) is 11.5 Å². The molecule has 106 valence electrons. The average Bonchev–Trinajstić information content (AvgIpc) is 3.01. The lowest BCUT2D eigenvalue weighted by molar-refractivity contribution is -0.136. The Morgan fingerprint density at radius 2 is 2.20 bits per heavy atom. The van der Waals surface area contributed by atoms with E-state index in [9.17, 15) is 9.59 Å². The van der Waals surface area contributed by atoms with Gasteiger partial charge in [-0.2, -0.15) is 0 Å². The minimum Gasteiger partial charge on any atom is -0.469 e. The maximum atomic E-state index is 11.7. The van der Waals surface area contributed by atoms with Crippen molar-refractivity contribution in [3.63, 3.8) is 0 Å². The van der Waals surface area contributed by atoms with E-state index in [0.717, 1.165) is 5.76 Å². The van der Waals surface area contributed by atoms with Crippen molar-refractivity contribution in [2.75, 3.05) is 5.32 Å². The van der Waals surface area contributed by atoms with E-state index in [0.29, 0.717) is 12.2 Å². The van der Waals surface area contributed by atoms with Gasteiger partial charge in [0.15, 0.2) is 5.82 Å². The normalized spacial score (nSPS) is 11.9. The topological polar surface area (TPSA) is 97.4 Å². The molecule has 2 N–H and O–H groups in total. The number of furan rings is 1. The molecule has 0 aliphatic rings. The van der Waals surface area contributed by atoms with E-state index in [2.05, 4.69) is 15.8 Å². The average molecular weight is 277 g/mol. The van der Waals surface area contributed by atoms with Crippen LogP contribution in [0.4, 0.5) is 5.82 Å². The Labute approximate surface area is 115 Å². The molecule has 0 radical (unpaired) electrons. The largest absolute Gasteiger partial charge is 0.469 e. The van der Waals surface area contributed by atoms with Gasteiger partial charge in [0.25, 0.3) is 0 Å². The Hall–Kier alpha value is -2.57. The third-order valence-corrected chi connectivity index (χ3v) is 2.54. The quantitative estimate of drug-likeness (QED) is 0.820. The number of amides is 2. The fourth-order valence-corrected chi connectivity index (χ4v) is 1.67. The summed E-state index contributed by atoms with van der Waals surface area (Å²) in [5, 5.41) is 8.50. The highest BCUT2D eigenvalue weighted by Crippen LogP contribution is 2.07. The minimum atomic E-state index is -0.787. The zero-order valence-electron chi connectivity index (χ0n) is 11.2. The lowest BCUT2D eigenvalue weighted by atomic mass is 10.2. The summed E-state index contributed by atoms with van der Waals surface area (Å²) in [6.07, 6.45) is 2.07. The molecule has 0 unspecified atom stereocenters. The van der Waals surface area contributed by atoms with Crippen molar-refractivity contribution < 1.29 is 18.5 Å². The van der Waals surface area contributed by atoms with Crippen molar-refractivity contribution in [1.82, 2.24) is 10.5 Å². The van der Waals surface area contributed by atoms with E-state index >= 15 is 0 Å². The lowest BCUT2D eigenvalue weighted by Crippen LogP contribution is -2.41. The maximum Gasteiger partial charge on any atom is 0.314 e. The zero-order valence-corrected chi connectivity index (χ0v) is 11.2. The van der Waals surface area contributed by atoms with E-state index in [1.807, 2.05) is 0 Å². The number of rotatable bonds is 4. The summed E-state index contributed by atoms with van der Waals surface area (Å²) in [7, 11) is 0. The molecule has 0 aliphatic heterocycles. The van der Waals surface area contributed by atoms with Crippen LogP contribution in [-0.2, 0) is 16.0 Å². The van der Waals surface area contributed by atoms with Crippen LogP contribution < -0.4 is 10.6 Å². The van der Waals surface area contributed by atoms with Gasteiger partial charge < -0.3 is 14.3 Å². The fraction of sp³-hybridized carbons (Fsp3) is 0.308. The summed E-state index contributed by atoms with van der Waals surface area (Å²) >= 11 is 0. The second kappa shape index (κ2) is 6.05. The number of anilines is 1. The van der Waals surface area contributed by atoms with Gasteiger partial charge >= 0.3 is 11.8 Å². The van der Waals surface area contributed by atoms with Gasteiger partial charge in [0.2, 0.25) is 0 Å². The molecule has 7 heteroatoms. The monoisotopic (exact) mass is 277 g/mol. The molecule has 0 fully saturated rings. The smallest absolute Gasteiger partial charge is 0.314 e. The number of aromatic nitrogens is 1. The highest BCUT2D eigenvalue weighted by Gasteiger charge is 2.18. The Kier molecular flexibility index (Phi) is 4.19. The second-order valence-corrected chi connectivity index (χ2v) is 4.43. The summed E-state index contributed by atoms with van der Waals surface area (Å²) in [5.74, 6) is -0.0205. The second-order valence-electron chi connectivity index (χ2n) is 4.43. The van der Waals surface area contributed by atoms with Crippen molar-refractivity contribution in [2.24, 2.45) is 0 Å². The van der Waals surface area contributed by atoms with Gasteiger partial charge in [-0.3, -0.25) is 14.9 Å². The minimum absolute atomic E-state index is 0.210. The van der Waals surface area contributed by atoms with Crippen molar-refractivity contribution in [3.8, 4) is 0 Å². The third kappa shape index (κ3) is 3.71. The molecule has 1 atom stereocenters. The van der Waals surface area contributed by atoms with Gasteiger partial charge in [-0.25, -0.2) is 0 Å². The number of carbonyl (C=O) groups is 2. The highest BCUT2D eigenvalue weighted by molar-refractivity contribution is 6.39. The summed E-state index contributed by atoms with van der Waals surface area (Å²) in [6.45, 7) is 3.47. The summed E-state index contributed by atoms with van der Waals surface area (Å²) in [4.78, 5) is 23.3. The first kappa shape index (κ1) is 13.9. The van der Waals surface area contributed by atoms with Gasteiger partial charge in [-0.1, -0.05) is 5.16 Å². The van der Waals surface area contributed by atoms with Gasteiger partial charge in [0, 0.05) is 18.5 Å². The molecule has 2 amide bonds. The molecule has 0 saturated heterocycles. The molecule has 0 bridgehead atoms. The van der Waals surface area contributed by atoms with E-state index in [1.165, 1.54) is 6.07 Å². The molecule has 2 heterocycles. The summed E-state index contributed by atoms with van der Waals surface area (Å²) in [5.41, 5.74) is 0. The van der Waals surface area contributed by atoms with Crippen LogP contribution in [0.3, 0.4) is 0 Å². The zero-order chi connectivity index (χ0) is 14.5. The molecule has 2 aromatic heterocycles. The van der Waals surface area contributed by atoms with Crippen molar-refractivity contribution in [1.29, 1.82) is 0 Å². The molecule has 2 aromatic rings. The van der Waals surface area contributed by atoms with Crippen molar-refractivity contribution >= 4 is 17.6 Å². The van der Waals surface area contributed by atoms with Crippen LogP contribution in [0.5, 0.6) is 0 Å². The maximum absolute atomic E-state index is 11.7. The van der Waals surface area contributed by atoms with E-state index in [1.54, 1.807) is 32.2 Å². The predicted octanol–water partition coefficient (Wildman–Crippen LogP) is 1.26. The Bertz CT molecular complexity index is 589. The van der Waals surface area contributed by atoms with Gasteiger partial charge in [0.05, 0.1) is 6.26 Å². The van der Waals surface area contributed by atoms with Crippen LogP contribution in [0.15, 0.2) is 33.4 Å². The van der Waals surface area contributed by atoms with E-state index in [4.69, 9.17) is 8.94 Å². The van der Waals surface area contributed by atoms with Crippen molar-refractivity contribution in [3.05, 3.63) is 36.0 Å². The first-order valence-electron chi connectivity index (χ1n) is 6.12. The van der Waals surface area contributed by atoms with Crippen LogP contribution in [0.25, 0.3) is 0 Å². The molecule has 0 aromatic carbocycles. The van der Waals surface area contributed by atoms with Crippen molar-refractivity contribution in [2.45, 2.75) is 26.3 Å². The lowest BCUT2D eigenvalue weighted by Gasteiger charge is -2.11. The Morgan fingerprint density at radius 1 is 1.40 bits per heavy atom. The van der Waals surface area contributed by atoms with E-state index < -0.39 is 11.8 Å². The molecule has 0 aliphatic carbocycles. The number of carbonyl (C=O) groups excluding carboxylic acids is 2. The van der Waals surface area contributed by atoms with Gasteiger partial charge in [-0.05, 0) is 26.0 Å². The number of nitrogens with zero attached hydrogens (tertiary/aromatic N) is 1. The van der Waals surface area contributed by atoms with Crippen LogP contribution >= 0.6 is 0 Å². The highest BCUT2D eigenvalue weighted by atomic mass is 16.5. The van der Waals surface area contributed by atoms with Crippen LogP contribution in [0.1, 0.15) is 18.4 Å². The molecular formula is C13H15N3O4. The Morgan fingerprint density at radius 3 is 2.80 bits per heavy atom. The molecule has 7 nitrogen and oxygen atoms in total. The number of hydrogen-bond donors (Lipinski definition) is 2. The third-order valence-electron chi connectivity index (χ3n) is 2.54. The predicted molar refractivity (Wildman–Crippen MR) is 69.9 cm³/mol. The SMILES string of the molecule is Cc1cc(NC(=O)C(=O)N[C@@H](C)Cc2ccco2)no1. The van der Waals surface area contributed by atoms with Crippen LogP contribution in [0.2, 0.25) is 0 Å². The molecule has 20 heavy (non-hydrogen) atoms. The van der Waals surface area contributed by atoms with Gasteiger partial charge in [-0.15, -0.1) is 0 Å². The standard InChI is InChI=1S/C13H15N3O4/c1-8(6-10-4-3-5-19-10)14-12(17)13(18)15-11-7-9(2)20-16-11/h3-5,7-8H,6H2,1-2H3,(H,14,17)(H,15,16,18)/t8-/m0/s1.